The van der Waals surface area contributed by atoms with Crippen molar-refractivity contribution in [3.63, 3.8) is 0 Å². The van der Waals surface area contributed by atoms with Gasteiger partial charge in [0.15, 0.2) is 0 Å². The van der Waals surface area contributed by atoms with E-state index in [-0.39, 0.29) is 31.1 Å². The smallest absolute Gasteiger partial charge is 0.327 e. The second kappa shape index (κ2) is 3.96. The first kappa shape index (κ1) is 11.0. The van der Waals surface area contributed by atoms with Gasteiger partial charge in [-0.05, 0) is 20.8 Å². The van der Waals surface area contributed by atoms with E-state index in [2.05, 4.69) is 0 Å². The van der Waals surface area contributed by atoms with E-state index in [4.69, 9.17) is 5.11 Å². The highest BCUT2D eigenvalue weighted by molar-refractivity contribution is 6.02. The summed E-state index contributed by atoms with van der Waals surface area (Å²) in [5.74, 6) is -0.232. The van der Waals surface area contributed by atoms with E-state index < -0.39 is 6.10 Å². The molecule has 1 N–H and O–H groups in total. The van der Waals surface area contributed by atoms with Crippen LogP contribution in [0.3, 0.4) is 0 Å². The maximum absolute atomic E-state index is 11.6. The van der Waals surface area contributed by atoms with Gasteiger partial charge in [0, 0.05) is 6.04 Å². The van der Waals surface area contributed by atoms with E-state index in [1.807, 2.05) is 13.8 Å². The van der Waals surface area contributed by atoms with Gasteiger partial charge in [-0.15, -0.1) is 0 Å². The van der Waals surface area contributed by atoms with Crippen LogP contribution in [0.25, 0.3) is 0 Å². The summed E-state index contributed by atoms with van der Waals surface area (Å²) in [4.78, 5) is 25.6. The number of hydrogen-bond acceptors (Lipinski definition) is 3. The molecule has 0 bridgehead atoms. The molecule has 0 saturated carbocycles. The lowest BCUT2D eigenvalue weighted by Crippen LogP contribution is -2.39. The average Bonchev–Trinajstić information content (AvgIpc) is 2.31. The van der Waals surface area contributed by atoms with Crippen LogP contribution in [0.5, 0.6) is 0 Å². The molecular formula is C9H16N2O3. The zero-order valence-electron chi connectivity index (χ0n) is 8.73. The van der Waals surface area contributed by atoms with Crippen molar-refractivity contribution < 1.29 is 14.7 Å². The number of amides is 3. The van der Waals surface area contributed by atoms with E-state index in [0.29, 0.717) is 0 Å². The number of hydrogen-bond donors (Lipinski definition) is 1. The highest BCUT2D eigenvalue weighted by Crippen LogP contribution is 2.13. The standard InChI is InChI=1S/C9H16N2O3/c1-6(2)10-5-8(13)11(9(10)14)4-7(3)12/h6-7,12H,4-5H2,1-3H3. The first-order valence-electron chi connectivity index (χ1n) is 4.72. The van der Waals surface area contributed by atoms with Gasteiger partial charge in [0.25, 0.3) is 0 Å². The normalized spacial score (nSPS) is 19.8. The molecule has 1 aliphatic heterocycles. The lowest BCUT2D eigenvalue weighted by molar-refractivity contribution is -0.126. The zero-order valence-corrected chi connectivity index (χ0v) is 8.73. The molecule has 80 valence electrons. The minimum Gasteiger partial charge on any atom is -0.392 e. The summed E-state index contributed by atoms with van der Waals surface area (Å²) in [5, 5.41) is 9.11. The van der Waals surface area contributed by atoms with Crippen LogP contribution in [0.15, 0.2) is 0 Å². The minimum absolute atomic E-state index is 0.0189. The number of nitrogens with zero attached hydrogens (tertiary/aromatic N) is 2. The van der Waals surface area contributed by atoms with Gasteiger partial charge in [-0.1, -0.05) is 0 Å². The van der Waals surface area contributed by atoms with Gasteiger partial charge in [-0.2, -0.15) is 0 Å². The molecule has 1 fully saturated rings. The van der Waals surface area contributed by atoms with Crippen LogP contribution in [0.4, 0.5) is 4.79 Å². The second-order valence-corrected chi connectivity index (χ2v) is 3.86. The summed E-state index contributed by atoms with van der Waals surface area (Å²) < 4.78 is 0. The van der Waals surface area contributed by atoms with Gasteiger partial charge < -0.3 is 10.0 Å². The number of imide groups is 1. The summed E-state index contributed by atoms with van der Waals surface area (Å²) in [6.07, 6.45) is -0.671. The van der Waals surface area contributed by atoms with E-state index >= 15 is 0 Å². The Balaban J connectivity index is 2.70. The fourth-order valence-corrected chi connectivity index (χ4v) is 1.41. The van der Waals surface area contributed by atoms with Crippen molar-refractivity contribution in [3.05, 3.63) is 0 Å². The molecule has 1 heterocycles. The molecule has 1 saturated heterocycles. The summed E-state index contributed by atoms with van der Waals surface area (Å²) >= 11 is 0. The van der Waals surface area contributed by atoms with Crippen molar-refractivity contribution in [2.45, 2.75) is 32.9 Å². The molecule has 0 radical (unpaired) electrons. The van der Waals surface area contributed by atoms with Gasteiger partial charge in [0.1, 0.15) is 6.54 Å². The van der Waals surface area contributed by atoms with Gasteiger partial charge in [0.05, 0.1) is 12.6 Å². The SMILES string of the molecule is CC(O)CN1C(=O)CN(C(C)C)C1=O. The molecular weight excluding hydrogens is 184 g/mol. The Morgan fingerprint density at radius 3 is 2.29 bits per heavy atom. The summed E-state index contributed by atoms with van der Waals surface area (Å²) in [7, 11) is 0. The third kappa shape index (κ3) is 2.04. The van der Waals surface area contributed by atoms with Crippen LogP contribution in [0.2, 0.25) is 0 Å². The van der Waals surface area contributed by atoms with Crippen molar-refractivity contribution >= 4 is 11.9 Å². The Labute approximate surface area is 83.3 Å². The number of urea groups is 1. The highest BCUT2D eigenvalue weighted by atomic mass is 16.3. The predicted molar refractivity (Wildman–Crippen MR) is 50.6 cm³/mol. The van der Waals surface area contributed by atoms with Gasteiger partial charge in [-0.25, -0.2) is 4.79 Å². The largest absolute Gasteiger partial charge is 0.392 e. The van der Waals surface area contributed by atoms with Gasteiger partial charge in [0.2, 0.25) is 5.91 Å². The van der Waals surface area contributed by atoms with Gasteiger partial charge >= 0.3 is 6.03 Å². The molecule has 1 aliphatic rings. The lowest BCUT2D eigenvalue weighted by Gasteiger charge is -2.20. The number of rotatable bonds is 3. The molecule has 0 spiro atoms. The molecule has 0 aromatic rings. The monoisotopic (exact) mass is 200 g/mol. The van der Waals surface area contributed by atoms with E-state index in [9.17, 15) is 9.59 Å². The number of aliphatic hydroxyl groups is 1. The minimum atomic E-state index is -0.671. The average molecular weight is 200 g/mol. The van der Waals surface area contributed by atoms with Crippen LogP contribution >= 0.6 is 0 Å². The fourth-order valence-electron chi connectivity index (χ4n) is 1.41. The molecule has 1 rings (SSSR count). The first-order chi connectivity index (χ1) is 6.43. The Morgan fingerprint density at radius 1 is 1.36 bits per heavy atom. The molecule has 5 nitrogen and oxygen atoms in total. The molecule has 5 heteroatoms. The van der Waals surface area contributed by atoms with E-state index in [1.54, 1.807) is 6.92 Å². The Hall–Kier alpha value is -1.10. The van der Waals surface area contributed by atoms with Crippen LogP contribution in [-0.4, -0.2) is 52.1 Å². The first-order valence-corrected chi connectivity index (χ1v) is 4.72. The highest BCUT2D eigenvalue weighted by Gasteiger charge is 2.37. The lowest BCUT2D eigenvalue weighted by atomic mass is 10.3. The Bertz CT molecular complexity index is 250. The maximum Gasteiger partial charge on any atom is 0.327 e. The summed E-state index contributed by atoms with van der Waals surface area (Å²) in [6.45, 7) is 5.48. The van der Waals surface area contributed by atoms with Crippen LogP contribution < -0.4 is 0 Å². The Kier molecular flexibility index (Phi) is 3.10. The topological polar surface area (TPSA) is 60.9 Å². The molecule has 1 unspecified atom stereocenters. The molecule has 1 atom stereocenters. The maximum atomic E-state index is 11.6. The second-order valence-electron chi connectivity index (χ2n) is 3.86. The van der Waals surface area contributed by atoms with E-state index in [1.165, 1.54) is 4.90 Å². The van der Waals surface area contributed by atoms with Crippen LogP contribution in [0.1, 0.15) is 20.8 Å². The number of aliphatic hydroxyl groups excluding tert-OH is 1. The van der Waals surface area contributed by atoms with Crippen molar-refractivity contribution in [1.29, 1.82) is 0 Å². The molecule has 0 aromatic carbocycles. The predicted octanol–water partition coefficient (Wildman–Crippen LogP) is 0.0398. The Morgan fingerprint density at radius 2 is 1.93 bits per heavy atom. The third-order valence-electron chi connectivity index (χ3n) is 2.15. The quantitative estimate of drug-likeness (QED) is 0.654. The fraction of sp³-hybridized carbons (Fsp3) is 0.778. The molecule has 0 aromatic heterocycles. The summed E-state index contributed by atoms with van der Waals surface area (Å²) in [5.41, 5.74) is 0. The van der Waals surface area contributed by atoms with Crippen LogP contribution in [-0.2, 0) is 4.79 Å². The van der Waals surface area contributed by atoms with Gasteiger partial charge in [-0.3, -0.25) is 9.69 Å². The van der Waals surface area contributed by atoms with Crippen molar-refractivity contribution in [1.82, 2.24) is 9.80 Å². The molecule has 14 heavy (non-hydrogen) atoms. The molecule has 3 amide bonds. The summed E-state index contributed by atoms with van der Waals surface area (Å²) in [6, 6.07) is -0.281. The zero-order chi connectivity index (χ0) is 10.9. The molecule has 0 aliphatic carbocycles. The van der Waals surface area contributed by atoms with Crippen molar-refractivity contribution in [3.8, 4) is 0 Å². The van der Waals surface area contributed by atoms with Crippen molar-refractivity contribution in [2.24, 2.45) is 0 Å². The number of carbonyl (C=O) groups is 2. The van der Waals surface area contributed by atoms with Crippen LogP contribution in [0, 0.1) is 0 Å². The number of β-amino-alcohol motifs (C(OH)–C–C–N with tert-alkyl or cyclic N) is 1. The van der Waals surface area contributed by atoms with Crippen molar-refractivity contribution in [2.75, 3.05) is 13.1 Å². The van der Waals surface area contributed by atoms with E-state index in [0.717, 1.165) is 4.90 Å². The number of carbonyl (C=O) groups excluding carboxylic acids is 2. The third-order valence-corrected chi connectivity index (χ3v) is 2.15.